The molecule has 4 N–H and O–H groups in total. The van der Waals surface area contributed by atoms with Crippen molar-refractivity contribution in [2.75, 3.05) is 0 Å². The topological polar surface area (TPSA) is 78.3 Å². The standard InChI is InChI=1S/C8H9FN2O2/c9-6-2-1-5(4-10)3-7(6)13-8(11)12/h1-3H,4,10H2,(H2,11,12). The van der Waals surface area contributed by atoms with Crippen LogP contribution in [-0.2, 0) is 6.54 Å². The number of primary amides is 1. The van der Waals surface area contributed by atoms with E-state index in [9.17, 15) is 9.18 Å². The van der Waals surface area contributed by atoms with Crippen molar-refractivity contribution in [3.8, 4) is 5.75 Å². The average Bonchev–Trinajstić information content (AvgIpc) is 2.08. The molecule has 0 aliphatic carbocycles. The Kier molecular flexibility index (Phi) is 2.81. The van der Waals surface area contributed by atoms with E-state index in [2.05, 4.69) is 4.74 Å². The first kappa shape index (κ1) is 9.47. The fourth-order valence-electron chi connectivity index (χ4n) is 0.861. The van der Waals surface area contributed by atoms with Crippen LogP contribution in [0, 0.1) is 5.82 Å². The Hall–Kier alpha value is -1.62. The number of rotatable bonds is 2. The fourth-order valence-corrected chi connectivity index (χ4v) is 0.861. The Morgan fingerprint density at radius 3 is 2.77 bits per heavy atom. The molecule has 0 fully saturated rings. The molecule has 70 valence electrons. The Bertz CT molecular complexity index is 328. The predicted octanol–water partition coefficient (Wildman–Crippen LogP) is 0.742. The Balaban J connectivity index is 2.96. The molecule has 0 bridgehead atoms. The SMILES string of the molecule is NCc1ccc(F)c(OC(N)=O)c1. The van der Waals surface area contributed by atoms with Crippen molar-refractivity contribution in [3.05, 3.63) is 29.6 Å². The molecule has 1 aromatic rings. The van der Waals surface area contributed by atoms with E-state index in [0.29, 0.717) is 5.56 Å². The van der Waals surface area contributed by atoms with Gasteiger partial charge in [-0.15, -0.1) is 0 Å². The maximum atomic E-state index is 12.9. The minimum atomic E-state index is -1.05. The molecule has 0 spiro atoms. The van der Waals surface area contributed by atoms with Crippen LogP contribution in [0.15, 0.2) is 18.2 Å². The van der Waals surface area contributed by atoms with Crippen molar-refractivity contribution < 1.29 is 13.9 Å². The lowest BCUT2D eigenvalue weighted by Crippen LogP contribution is -2.17. The average molecular weight is 184 g/mol. The zero-order chi connectivity index (χ0) is 9.84. The van der Waals surface area contributed by atoms with Crippen molar-refractivity contribution in [3.63, 3.8) is 0 Å². The fraction of sp³-hybridized carbons (Fsp3) is 0.125. The summed E-state index contributed by atoms with van der Waals surface area (Å²) < 4.78 is 17.3. The van der Waals surface area contributed by atoms with E-state index in [4.69, 9.17) is 11.5 Å². The number of halogens is 1. The number of amides is 1. The van der Waals surface area contributed by atoms with Gasteiger partial charge < -0.3 is 16.2 Å². The van der Waals surface area contributed by atoms with Gasteiger partial charge in [0.25, 0.3) is 0 Å². The Labute approximate surface area is 74.3 Å². The molecule has 0 saturated heterocycles. The van der Waals surface area contributed by atoms with Gasteiger partial charge >= 0.3 is 6.09 Å². The van der Waals surface area contributed by atoms with Crippen LogP contribution >= 0.6 is 0 Å². The summed E-state index contributed by atoms with van der Waals surface area (Å²) in [6.07, 6.45) is -1.05. The summed E-state index contributed by atoms with van der Waals surface area (Å²) >= 11 is 0. The molecule has 4 nitrogen and oxygen atoms in total. The van der Waals surface area contributed by atoms with E-state index in [1.165, 1.54) is 18.2 Å². The monoisotopic (exact) mass is 184 g/mol. The van der Waals surface area contributed by atoms with E-state index in [0.717, 1.165) is 0 Å². The van der Waals surface area contributed by atoms with E-state index >= 15 is 0 Å². The minimum Gasteiger partial charge on any atom is -0.407 e. The van der Waals surface area contributed by atoms with Gasteiger partial charge in [0.2, 0.25) is 0 Å². The van der Waals surface area contributed by atoms with Crippen molar-refractivity contribution in [1.82, 2.24) is 0 Å². The second-order valence-electron chi connectivity index (χ2n) is 2.39. The predicted molar refractivity (Wildman–Crippen MR) is 44.5 cm³/mol. The third kappa shape index (κ3) is 2.41. The molecule has 0 aliphatic rings. The Morgan fingerprint density at radius 2 is 2.23 bits per heavy atom. The molecule has 0 saturated carbocycles. The molecular weight excluding hydrogens is 175 g/mol. The lowest BCUT2D eigenvalue weighted by molar-refractivity contribution is 0.208. The molecule has 1 aromatic carbocycles. The van der Waals surface area contributed by atoms with Crippen LogP contribution in [0.3, 0.4) is 0 Å². The van der Waals surface area contributed by atoms with E-state index < -0.39 is 11.9 Å². The third-order valence-corrected chi connectivity index (χ3v) is 1.44. The highest BCUT2D eigenvalue weighted by Crippen LogP contribution is 2.18. The van der Waals surface area contributed by atoms with Gasteiger partial charge in [0.05, 0.1) is 0 Å². The molecule has 13 heavy (non-hydrogen) atoms. The number of carbonyl (C=O) groups excluding carboxylic acids is 1. The van der Waals surface area contributed by atoms with E-state index in [-0.39, 0.29) is 12.3 Å². The van der Waals surface area contributed by atoms with Gasteiger partial charge in [-0.05, 0) is 17.7 Å². The first-order valence-corrected chi connectivity index (χ1v) is 3.59. The number of hydrogen-bond donors (Lipinski definition) is 2. The molecule has 0 unspecified atom stereocenters. The summed E-state index contributed by atoms with van der Waals surface area (Å²) in [5.41, 5.74) is 10.7. The number of hydrogen-bond acceptors (Lipinski definition) is 3. The van der Waals surface area contributed by atoms with Crippen LogP contribution in [0.5, 0.6) is 5.75 Å². The van der Waals surface area contributed by atoms with E-state index in [1.807, 2.05) is 0 Å². The Morgan fingerprint density at radius 1 is 1.54 bits per heavy atom. The van der Waals surface area contributed by atoms with Gasteiger partial charge in [0.15, 0.2) is 11.6 Å². The van der Waals surface area contributed by atoms with Gasteiger partial charge in [-0.2, -0.15) is 0 Å². The summed E-state index contributed by atoms with van der Waals surface area (Å²) in [7, 11) is 0. The maximum absolute atomic E-state index is 12.9. The lowest BCUT2D eigenvalue weighted by atomic mass is 10.2. The van der Waals surface area contributed by atoms with Gasteiger partial charge in [0.1, 0.15) is 0 Å². The smallest absolute Gasteiger partial charge is 0.407 e. The molecular formula is C8H9FN2O2. The van der Waals surface area contributed by atoms with Gasteiger partial charge in [-0.25, -0.2) is 9.18 Å². The molecule has 0 aromatic heterocycles. The highest BCUT2D eigenvalue weighted by atomic mass is 19.1. The van der Waals surface area contributed by atoms with Gasteiger partial charge in [-0.1, -0.05) is 6.07 Å². The van der Waals surface area contributed by atoms with Gasteiger partial charge in [0, 0.05) is 6.54 Å². The summed E-state index contributed by atoms with van der Waals surface area (Å²) in [6.45, 7) is 0.245. The molecule has 1 amide bonds. The third-order valence-electron chi connectivity index (χ3n) is 1.44. The van der Waals surface area contributed by atoms with Crippen LogP contribution in [0.1, 0.15) is 5.56 Å². The lowest BCUT2D eigenvalue weighted by Gasteiger charge is -2.03. The van der Waals surface area contributed by atoms with Gasteiger partial charge in [-0.3, -0.25) is 0 Å². The van der Waals surface area contributed by atoms with Crippen LogP contribution in [-0.4, -0.2) is 6.09 Å². The van der Waals surface area contributed by atoms with Crippen LogP contribution in [0.25, 0.3) is 0 Å². The molecule has 0 radical (unpaired) electrons. The minimum absolute atomic E-state index is 0.199. The zero-order valence-corrected chi connectivity index (χ0v) is 6.79. The second kappa shape index (κ2) is 3.86. The summed E-state index contributed by atoms with van der Waals surface area (Å²) in [4.78, 5) is 10.3. The number of ether oxygens (including phenoxy) is 1. The highest BCUT2D eigenvalue weighted by Gasteiger charge is 2.06. The van der Waals surface area contributed by atoms with Crippen LogP contribution in [0.4, 0.5) is 9.18 Å². The molecule has 0 atom stereocenters. The molecule has 0 aliphatic heterocycles. The number of carbonyl (C=O) groups is 1. The first-order chi connectivity index (χ1) is 6.13. The van der Waals surface area contributed by atoms with Crippen LogP contribution in [0.2, 0.25) is 0 Å². The largest absolute Gasteiger partial charge is 0.410 e. The number of nitrogens with two attached hydrogens (primary N) is 2. The normalized spacial score (nSPS) is 9.69. The van der Waals surface area contributed by atoms with Crippen LogP contribution < -0.4 is 16.2 Å². The summed E-state index contributed by atoms with van der Waals surface area (Å²) in [5, 5.41) is 0. The summed E-state index contributed by atoms with van der Waals surface area (Å²) in [5.74, 6) is -0.841. The maximum Gasteiger partial charge on any atom is 0.410 e. The number of benzene rings is 1. The molecule has 5 heteroatoms. The van der Waals surface area contributed by atoms with Crippen molar-refractivity contribution >= 4 is 6.09 Å². The second-order valence-corrected chi connectivity index (χ2v) is 2.39. The summed E-state index contributed by atoms with van der Waals surface area (Å²) in [6, 6.07) is 4.00. The molecule has 1 rings (SSSR count). The van der Waals surface area contributed by atoms with Crippen molar-refractivity contribution in [2.24, 2.45) is 11.5 Å². The van der Waals surface area contributed by atoms with Crippen molar-refractivity contribution in [1.29, 1.82) is 0 Å². The van der Waals surface area contributed by atoms with E-state index in [1.54, 1.807) is 0 Å². The zero-order valence-electron chi connectivity index (χ0n) is 6.79. The quantitative estimate of drug-likeness (QED) is 0.711. The highest BCUT2D eigenvalue weighted by molar-refractivity contribution is 5.68. The van der Waals surface area contributed by atoms with Crippen molar-refractivity contribution in [2.45, 2.75) is 6.54 Å². The first-order valence-electron chi connectivity index (χ1n) is 3.59. The molecule has 0 heterocycles.